The van der Waals surface area contributed by atoms with Gasteiger partial charge >= 0.3 is 13.2 Å². The fraction of sp³-hybridized carbons (Fsp3) is 0.667. The van der Waals surface area contributed by atoms with Crippen LogP contribution in [0.15, 0.2) is 18.2 Å². The van der Waals surface area contributed by atoms with Gasteiger partial charge < -0.3 is 19.0 Å². The van der Waals surface area contributed by atoms with E-state index >= 15 is 0 Å². The SMILES string of the molecule is CC(C)(C)OC(=O)N1C2CC[C@@H](C2)C1c1nc2ccc(B3OC(C)(C)C(C)(C)O3)cc2[nH]1. The first-order valence-electron chi connectivity index (χ1n) is 11.7. The molecular formula is C24H34BN3O4. The van der Waals surface area contributed by atoms with Crippen molar-refractivity contribution in [2.24, 2.45) is 5.92 Å². The summed E-state index contributed by atoms with van der Waals surface area (Å²) in [7, 11) is -0.420. The number of carbonyl (C=O) groups excluding carboxylic acids is 1. The molecule has 32 heavy (non-hydrogen) atoms. The number of ether oxygens (including phenoxy) is 1. The first kappa shape index (κ1) is 21.8. The van der Waals surface area contributed by atoms with Crippen molar-refractivity contribution >= 4 is 29.7 Å². The van der Waals surface area contributed by atoms with Crippen molar-refractivity contribution in [1.82, 2.24) is 14.9 Å². The predicted molar refractivity (Wildman–Crippen MR) is 124 cm³/mol. The van der Waals surface area contributed by atoms with Crippen LogP contribution >= 0.6 is 0 Å². The van der Waals surface area contributed by atoms with Crippen LogP contribution in [0.5, 0.6) is 0 Å². The van der Waals surface area contributed by atoms with E-state index in [1.54, 1.807) is 0 Å². The maximum absolute atomic E-state index is 13.0. The summed E-state index contributed by atoms with van der Waals surface area (Å²) in [5.74, 6) is 1.25. The van der Waals surface area contributed by atoms with Gasteiger partial charge in [0.2, 0.25) is 0 Å². The van der Waals surface area contributed by atoms with E-state index in [0.717, 1.165) is 41.6 Å². The number of imidazole rings is 1. The molecule has 2 saturated heterocycles. The number of hydrogen-bond donors (Lipinski definition) is 1. The Labute approximate surface area is 190 Å². The lowest BCUT2D eigenvalue weighted by Crippen LogP contribution is -2.43. The van der Waals surface area contributed by atoms with Gasteiger partial charge in [-0.3, -0.25) is 4.90 Å². The lowest BCUT2D eigenvalue weighted by atomic mass is 9.79. The first-order valence-corrected chi connectivity index (χ1v) is 11.7. The molecule has 2 bridgehead atoms. The number of H-pyrrole nitrogens is 1. The lowest BCUT2D eigenvalue weighted by Gasteiger charge is -2.35. The molecule has 1 aromatic heterocycles. The summed E-state index contributed by atoms with van der Waals surface area (Å²) in [6.45, 7) is 14.0. The number of likely N-dealkylation sites (tertiary alicyclic amines) is 1. The maximum atomic E-state index is 13.0. The normalized spacial score (nSPS) is 28.7. The van der Waals surface area contributed by atoms with Gasteiger partial charge in [0.15, 0.2) is 0 Å². The minimum absolute atomic E-state index is 0.0729. The third-order valence-electron chi connectivity index (χ3n) is 7.52. The van der Waals surface area contributed by atoms with Crippen LogP contribution < -0.4 is 5.46 Å². The molecular weight excluding hydrogens is 405 g/mol. The van der Waals surface area contributed by atoms with Crippen LogP contribution in [0.2, 0.25) is 0 Å². The maximum Gasteiger partial charge on any atom is 0.494 e. The predicted octanol–water partition coefficient (Wildman–Crippen LogP) is 4.32. The number of hydrogen-bond acceptors (Lipinski definition) is 5. The quantitative estimate of drug-likeness (QED) is 0.706. The zero-order valence-corrected chi connectivity index (χ0v) is 20.2. The van der Waals surface area contributed by atoms with Gasteiger partial charge in [0.05, 0.1) is 28.3 Å². The summed E-state index contributed by atoms with van der Waals surface area (Å²) in [6, 6.07) is 6.23. The number of fused-ring (bicyclic) bond motifs is 3. The third-order valence-corrected chi connectivity index (χ3v) is 7.52. The highest BCUT2D eigenvalue weighted by Gasteiger charge is 2.52. The number of nitrogens with one attached hydrogen (secondary N) is 1. The van der Waals surface area contributed by atoms with Gasteiger partial charge in [0.25, 0.3) is 0 Å². The molecule has 1 aromatic carbocycles. The Kier molecular flexibility index (Phi) is 4.74. The van der Waals surface area contributed by atoms with Crippen LogP contribution in [-0.2, 0) is 14.0 Å². The van der Waals surface area contributed by atoms with Crippen LogP contribution in [0.25, 0.3) is 11.0 Å². The molecule has 1 saturated carbocycles. The Balaban J connectivity index is 1.44. The van der Waals surface area contributed by atoms with Gasteiger partial charge in [-0.15, -0.1) is 0 Å². The van der Waals surface area contributed by atoms with E-state index in [4.69, 9.17) is 19.0 Å². The van der Waals surface area contributed by atoms with Crippen molar-refractivity contribution in [1.29, 1.82) is 0 Å². The monoisotopic (exact) mass is 439 g/mol. The molecule has 3 aliphatic rings. The molecule has 8 heteroatoms. The van der Waals surface area contributed by atoms with Gasteiger partial charge in [0.1, 0.15) is 11.4 Å². The van der Waals surface area contributed by atoms with Crippen molar-refractivity contribution in [3.8, 4) is 0 Å². The zero-order chi connectivity index (χ0) is 23.1. The highest BCUT2D eigenvalue weighted by molar-refractivity contribution is 6.62. The number of rotatable bonds is 2. The second-order valence-corrected chi connectivity index (χ2v) is 11.5. The van der Waals surface area contributed by atoms with Crippen LogP contribution in [-0.4, -0.2) is 50.9 Å². The topological polar surface area (TPSA) is 76.7 Å². The van der Waals surface area contributed by atoms with Crippen LogP contribution in [0, 0.1) is 5.92 Å². The summed E-state index contributed by atoms with van der Waals surface area (Å²) < 4.78 is 18.2. The molecule has 5 rings (SSSR count). The molecule has 3 heterocycles. The number of aromatic nitrogens is 2. The summed E-state index contributed by atoms with van der Waals surface area (Å²) in [5.41, 5.74) is 1.48. The number of amides is 1. The molecule has 7 nitrogen and oxygen atoms in total. The zero-order valence-electron chi connectivity index (χ0n) is 20.2. The second-order valence-electron chi connectivity index (χ2n) is 11.5. The molecule has 1 N–H and O–H groups in total. The molecule has 172 valence electrons. The highest BCUT2D eigenvalue weighted by atomic mass is 16.7. The average Bonchev–Trinajstić information content (AvgIpc) is 3.41. The number of nitrogens with zero attached hydrogens (tertiary/aromatic N) is 2. The van der Waals surface area contributed by atoms with E-state index in [-0.39, 0.29) is 29.4 Å². The molecule has 0 radical (unpaired) electrons. The summed E-state index contributed by atoms with van der Waals surface area (Å²) >= 11 is 0. The molecule has 3 atom stereocenters. The second kappa shape index (κ2) is 6.97. The average molecular weight is 439 g/mol. The Morgan fingerprint density at radius 2 is 1.88 bits per heavy atom. The molecule has 0 spiro atoms. The first-order chi connectivity index (χ1) is 14.8. The Bertz CT molecular complexity index is 1040. The summed E-state index contributed by atoms with van der Waals surface area (Å²) in [6.07, 6.45) is 2.92. The molecule has 1 amide bonds. The summed E-state index contributed by atoms with van der Waals surface area (Å²) in [5, 5.41) is 0. The molecule has 1 aliphatic carbocycles. The Morgan fingerprint density at radius 1 is 1.19 bits per heavy atom. The van der Waals surface area contributed by atoms with Gasteiger partial charge in [0, 0.05) is 6.04 Å². The highest BCUT2D eigenvalue weighted by Crippen LogP contribution is 2.50. The van der Waals surface area contributed by atoms with E-state index in [9.17, 15) is 4.79 Å². The van der Waals surface area contributed by atoms with E-state index in [1.165, 1.54) is 0 Å². The Morgan fingerprint density at radius 3 is 2.53 bits per heavy atom. The van der Waals surface area contributed by atoms with Crippen molar-refractivity contribution in [3.63, 3.8) is 0 Å². The molecule has 3 fully saturated rings. The number of piperidine rings is 1. The van der Waals surface area contributed by atoms with E-state index < -0.39 is 12.7 Å². The molecule has 2 aromatic rings. The lowest BCUT2D eigenvalue weighted by molar-refractivity contribution is 0.00578. The van der Waals surface area contributed by atoms with Crippen molar-refractivity contribution in [2.75, 3.05) is 0 Å². The summed E-state index contributed by atoms with van der Waals surface area (Å²) in [4.78, 5) is 23.3. The van der Waals surface area contributed by atoms with Crippen LogP contribution in [0.1, 0.15) is 79.6 Å². The number of benzene rings is 1. The smallest absolute Gasteiger partial charge is 0.444 e. The van der Waals surface area contributed by atoms with Crippen LogP contribution in [0.4, 0.5) is 4.79 Å². The van der Waals surface area contributed by atoms with Crippen LogP contribution in [0.3, 0.4) is 0 Å². The van der Waals surface area contributed by atoms with E-state index in [1.807, 2.05) is 37.8 Å². The molecule has 2 aliphatic heterocycles. The van der Waals surface area contributed by atoms with Crippen molar-refractivity contribution in [3.05, 3.63) is 24.0 Å². The fourth-order valence-corrected chi connectivity index (χ4v) is 5.23. The Hall–Kier alpha value is -2.06. The minimum atomic E-state index is -0.519. The number of aromatic amines is 1. The fourth-order valence-electron chi connectivity index (χ4n) is 5.23. The molecule has 2 unspecified atom stereocenters. The van der Waals surface area contributed by atoms with Gasteiger partial charge in [-0.2, -0.15) is 0 Å². The number of carbonyl (C=O) groups is 1. The minimum Gasteiger partial charge on any atom is -0.444 e. The largest absolute Gasteiger partial charge is 0.494 e. The van der Waals surface area contributed by atoms with E-state index in [2.05, 4.69) is 38.7 Å². The van der Waals surface area contributed by atoms with Crippen molar-refractivity contribution in [2.45, 2.75) is 96.6 Å². The third kappa shape index (κ3) is 3.52. The standard InChI is InChI=1S/C24H34BN3O4/c1-22(2,3)30-21(29)28-16-10-8-14(12-16)19(28)20-26-17-11-9-15(13-18(17)27-20)25-31-23(4,5)24(6,7)32-25/h9,11,13-14,16,19H,8,10,12H2,1-7H3,(H,26,27)/t14-,16?,19?/m0/s1. The van der Waals surface area contributed by atoms with Gasteiger partial charge in [-0.25, -0.2) is 9.78 Å². The van der Waals surface area contributed by atoms with Crippen molar-refractivity contribution < 1.29 is 18.8 Å². The van der Waals surface area contributed by atoms with E-state index in [0.29, 0.717) is 5.92 Å². The van der Waals surface area contributed by atoms with Gasteiger partial charge in [-0.05, 0) is 91.2 Å². The van der Waals surface area contributed by atoms with Gasteiger partial charge in [-0.1, -0.05) is 6.07 Å².